The summed E-state index contributed by atoms with van der Waals surface area (Å²) in [6.45, 7) is 5.56. The summed E-state index contributed by atoms with van der Waals surface area (Å²) < 4.78 is 20.9. The molecule has 3 rings (SSSR count). The Morgan fingerprint density at radius 2 is 2.04 bits per heavy atom. The predicted molar refractivity (Wildman–Crippen MR) is 99.4 cm³/mol. The van der Waals surface area contributed by atoms with E-state index in [1.165, 1.54) is 18.4 Å². The van der Waals surface area contributed by atoms with Crippen molar-refractivity contribution >= 4 is 17.4 Å². The molecule has 0 spiro atoms. The van der Waals surface area contributed by atoms with Gasteiger partial charge in [-0.2, -0.15) is 4.98 Å². The second kappa shape index (κ2) is 8.65. The molecule has 1 unspecified atom stereocenters. The second-order valence-electron chi connectivity index (χ2n) is 5.91. The molecule has 11 heteroatoms. The van der Waals surface area contributed by atoms with Crippen LogP contribution in [0.25, 0.3) is 10.7 Å². The lowest BCUT2D eigenvalue weighted by atomic mass is 10.3. The van der Waals surface area contributed by atoms with Crippen molar-refractivity contribution in [3.8, 4) is 27.5 Å². The van der Waals surface area contributed by atoms with Crippen LogP contribution < -0.4 is 14.8 Å². The molecule has 0 saturated heterocycles. The van der Waals surface area contributed by atoms with Gasteiger partial charge in [0.05, 0.1) is 30.5 Å². The Kier molecular flexibility index (Phi) is 6.04. The molecule has 1 N–H and O–H groups in total. The summed E-state index contributed by atoms with van der Waals surface area (Å²) in [5, 5.41) is 6.87. The molecule has 148 valence electrons. The van der Waals surface area contributed by atoms with Crippen LogP contribution in [0.2, 0.25) is 0 Å². The fraction of sp³-hybridized carbons (Fsp3) is 0.353. The van der Waals surface area contributed by atoms with Crippen molar-refractivity contribution in [3.63, 3.8) is 0 Å². The van der Waals surface area contributed by atoms with Gasteiger partial charge < -0.3 is 24.1 Å². The summed E-state index contributed by atoms with van der Waals surface area (Å²) in [7, 11) is 1.28. The summed E-state index contributed by atoms with van der Waals surface area (Å²) in [5.41, 5.74) is 0. The van der Waals surface area contributed by atoms with Gasteiger partial charge >= 0.3 is 6.09 Å². The van der Waals surface area contributed by atoms with Crippen molar-refractivity contribution in [1.29, 1.82) is 0 Å². The molecule has 10 nitrogen and oxygen atoms in total. The summed E-state index contributed by atoms with van der Waals surface area (Å²) >= 11 is 1.25. The lowest BCUT2D eigenvalue weighted by Crippen LogP contribution is -2.26. The molecular formula is C17H19N5O5S. The van der Waals surface area contributed by atoms with E-state index in [0.717, 1.165) is 0 Å². The zero-order valence-electron chi connectivity index (χ0n) is 15.7. The first-order valence-corrected chi connectivity index (χ1v) is 9.21. The van der Waals surface area contributed by atoms with Crippen molar-refractivity contribution in [3.05, 3.63) is 30.4 Å². The van der Waals surface area contributed by atoms with Crippen LogP contribution in [0.3, 0.4) is 0 Å². The first-order valence-electron chi connectivity index (χ1n) is 8.39. The zero-order valence-corrected chi connectivity index (χ0v) is 16.5. The third kappa shape index (κ3) is 4.94. The molecule has 0 aliphatic carbocycles. The first-order chi connectivity index (χ1) is 13.4. The molecule has 0 fully saturated rings. The van der Waals surface area contributed by atoms with Gasteiger partial charge in [0, 0.05) is 6.07 Å². The average molecular weight is 405 g/mol. The van der Waals surface area contributed by atoms with Gasteiger partial charge in [-0.15, -0.1) is 0 Å². The van der Waals surface area contributed by atoms with Crippen LogP contribution in [0, 0.1) is 0 Å². The Morgan fingerprint density at radius 3 is 2.71 bits per heavy atom. The highest BCUT2D eigenvalue weighted by atomic mass is 32.1. The standard InChI is InChI=1S/C17H19N5O5S/c1-9(2)25-13-6-5-11(7-18-13)26-17-19-8-12(28-17)14-21-15(27-22-14)10(3)20-16(23)24-4/h5-10H,1-4H3,(H,20,23). The number of pyridine rings is 1. The van der Waals surface area contributed by atoms with E-state index >= 15 is 0 Å². The van der Waals surface area contributed by atoms with Crippen LogP contribution in [0.4, 0.5) is 4.79 Å². The lowest BCUT2D eigenvalue weighted by Gasteiger charge is -2.08. The monoisotopic (exact) mass is 405 g/mol. The van der Waals surface area contributed by atoms with E-state index < -0.39 is 12.1 Å². The van der Waals surface area contributed by atoms with E-state index in [4.69, 9.17) is 14.0 Å². The largest absolute Gasteiger partial charge is 0.475 e. The Balaban J connectivity index is 1.65. The highest BCUT2D eigenvalue weighted by Gasteiger charge is 2.19. The van der Waals surface area contributed by atoms with Crippen LogP contribution in [-0.2, 0) is 4.74 Å². The summed E-state index contributed by atoms with van der Waals surface area (Å²) in [6.07, 6.45) is 2.60. The van der Waals surface area contributed by atoms with Crippen molar-refractivity contribution in [2.24, 2.45) is 0 Å². The third-order valence-electron chi connectivity index (χ3n) is 3.31. The van der Waals surface area contributed by atoms with Crippen LogP contribution in [0.15, 0.2) is 29.0 Å². The van der Waals surface area contributed by atoms with Gasteiger partial charge in [-0.3, -0.25) is 0 Å². The Hall–Kier alpha value is -3.21. The molecular weight excluding hydrogens is 386 g/mol. The SMILES string of the molecule is COC(=O)NC(C)c1nc(-c2cnc(Oc3ccc(OC(C)C)nc3)s2)no1. The van der Waals surface area contributed by atoms with Crippen LogP contribution in [0.5, 0.6) is 16.8 Å². The summed E-state index contributed by atoms with van der Waals surface area (Å²) in [5.74, 6) is 1.65. The lowest BCUT2D eigenvalue weighted by molar-refractivity contribution is 0.165. The van der Waals surface area contributed by atoms with Gasteiger partial charge in [-0.1, -0.05) is 16.5 Å². The molecule has 0 saturated carbocycles. The second-order valence-corrected chi connectivity index (χ2v) is 6.90. The molecule has 3 aromatic rings. The number of alkyl carbamates (subject to hydrolysis) is 1. The number of carbonyl (C=O) groups is 1. The van der Waals surface area contributed by atoms with Crippen molar-refractivity contribution in [1.82, 2.24) is 25.4 Å². The Bertz CT molecular complexity index is 924. The van der Waals surface area contributed by atoms with E-state index in [0.29, 0.717) is 27.5 Å². The van der Waals surface area contributed by atoms with E-state index in [-0.39, 0.29) is 12.0 Å². The summed E-state index contributed by atoms with van der Waals surface area (Å²) in [6, 6.07) is 2.98. The van der Waals surface area contributed by atoms with Crippen molar-refractivity contribution in [2.75, 3.05) is 7.11 Å². The van der Waals surface area contributed by atoms with Gasteiger partial charge in [-0.05, 0) is 26.8 Å². The third-order valence-corrected chi connectivity index (χ3v) is 4.18. The van der Waals surface area contributed by atoms with Gasteiger partial charge in [0.15, 0.2) is 0 Å². The fourth-order valence-corrected chi connectivity index (χ4v) is 2.77. The van der Waals surface area contributed by atoms with Crippen LogP contribution >= 0.6 is 11.3 Å². The highest BCUT2D eigenvalue weighted by Crippen LogP contribution is 2.32. The normalized spacial score (nSPS) is 11.9. The fourth-order valence-electron chi connectivity index (χ4n) is 2.06. The number of carbonyl (C=O) groups excluding carboxylic acids is 1. The van der Waals surface area contributed by atoms with E-state index in [9.17, 15) is 4.79 Å². The molecule has 0 aliphatic rings. The molecule has 1 atom stereocenters. The number of thiazole rings is 1. The Morgan fingerprint density at radius 1 is 1.21 bits per heavy atom. The molecule has 0 aliphatic heterocycles. The number of ether oxygens (including phenoxy) is 3. The summed E-state index contributed by atoms with van der Waals surface area (Å²) in [4.78, 5) is 24.6. The highest BCUT2D eigenvalue weighted by molar-refractivity contribution is 7.16. The van der Waals surface area contributed by atoms with Crippen LogP contribution in [-0.4, -0.2) is 39.4 Å². The van der Waals surface area contributed by atoms with Gasteiger partial charge in [0.25, 0.3) is 5.19 Å². The minimum Gasteiger partial charge on any atom is -0.475 e. The number of amides is 1. The van der Waals surface area contributed by atoms with Gasteiger partial charge in [0.1, 0.15) is 11.8 Å². The molecule has 28 heavy (non-hydrogen) atoms. The average Bonchev–Trinajstić information content (AvgIpc) is 3.32. The van der Waals surface area contributed by atoms with E-state index in [1.54, 1.807) is 31.5 Å². The number of hydrogen-bond acceptors (Lipinski definition) is 10. The maximum absolute atomic E-state index is 11.3. The maximum Gasteiger partial charge on any atom is 0.407 e. The zero-order chi connectivity index (χ0) is 20.1. The maximum atomic E-state index is 11.3. The van der Waals surface area contributed by atoms with Crippen molar-refractivity contribution in [2.45, 2.75) is 32.9 Å². The number of hydrogen-bond donors (Lipinski definition) is 1. The smallest absolute Gasteiger partial charge is 0.407 e. The van der Waals surface area contributed by atoms with E-state index in [1.807, 2.05) is 13.8 Å². The number of methoxy groups -OCH3 is 1. The molecule has 1 amide bonds. The number of rotatable bonds is 7. The predicted octanol–water partition coefficient (Wildman–Crippen LogP) is 3.58. The quantitative estimate of drug-likeness (QED) is 0.628. The topological polar surface area (TPSA) is 121 Å². The van der Waals surface area contributed by atoms with Crippen molar-refractivity contribution < 1.29 is 23.5 Å². The minimum absolute atomic E-state index is 0.0474. The van der Waals surface area contributed by atoms with Gasteiger partial charge in [0.2, 0.25) is 17.6 Å². The van der Waals surface area contributed by atoms with E-state index in [2.05, 4.69) is 30.2 Å². The molecule has 0 radical (unpaired) electrons. The van der Waals surface area contributed by atoms with Crippen LogP contribution in [0.1, 0.15) is 32.7 Å². The first kappa shape index (κ1) is 19.5. The number of nitrogens with one attached hydrogen (secondary N) is 1. The van der Waals surface area contributed by atoms with Gasteiger partial charge in [-0.25, -0.2) is 14.8 Å². The molecule has 3 heterocycles. The Labute approximate surface area is 164 Å². The number of aromatic nitrogens is 4. The molecule has 0 bridgehead atoms. The number of nitrogens with zero attached hydrogens (tertiary/aromatic N) is 4. The molecule has 3 aromatic heterocycles. The minimum atomic E-state index is -0.584. The molecule has 0 aromatic carbocycles.